The molecule has 2 aromatic rings. The molecule has 2 fully saturated rings. The molecule has 1 saturated carbocycles. The van der Waals surface area contributed by atoms with Crippen molar-refractivity contribution in [2.45, 2.75) is 51.6 Å². The van der Waals surface area contributed by atoms with Crippen molar-refractivity contribution < 1.29 is 19.1 Å². The highest BCUT2D eigenvalue weighted by molar-refractivity contribution is 6.04. The van der Waals surface area contributed by atoms with Crippen LogP contribution in [0, 0.1) is 5.92 Å². The Bertz CT molecular complexity index is 926. The molecule has 0 radical (unpaired) electrons. The normalized spacial score (nSPS) is 21.0. The number of nitrogens with one attached hydrogen (secondary N) is 1. The van der Waals surface area contributed by atoms with Gasteiger partial charge in [-0.25, -0.2) is 0 Å². The largest absolute Gasteiger partial charge is 0.463 e. The van der Waals surface area contributed by atoms with E-state index in [1.807, 2.05) is 50.2 Å². The van der Waals surface area contributed by atoms with E-state index in [4.69, 9.17) is 9.47 Å². The van der Waals surface area contributed by atoms with E-state index in [2.05, 4.69) is 22.3 Å². The van der Waals surface area contributed by atoms with Crippen LogP contribution in [-0.4, -0.2) is 44.3 Å². The van der Waals surface area contributed by atoms with Crippen molar-refractivity contribution in [3.05, 3.63) is 59.7 Å². The number of morpholine rings is 1. The lowest BCUT2D eigenvalue weighted by molar-refractivity contribution is -0.153. The second kappa shape index (κ2) is 10.8. The Kier molecular flexibility index (Phi) is 7.65. The molecule has 4 rings (SSSR count). The lowest BCUT2D eigenvalue weighted by atomic mass is 9.78. The second-order valence-electron chi connectivity index (χ2n) is 9.26. The fourth-order valence-corrected chi connectivity index (χ4v) is 4.68. The first-order chi connectivity index (χ1) is 16.0. The SMILES string of the molecule is CC(C)OC(=O)[C@H]1CC[C@H](c2ccc(NC(=O)c3ccc(N4CCOCC4)cc3)cc2)CC1. The molecule has 0 atom stereocenters. The minimum atomic E-state index is -0.111. The third-order valence-corrected chi connectivity index (χ3v) is 6.56. The summed E-state index contributed by atoms with van der Waals surface area (Å²) < 4.78 is 10.8. The van der Waals surface area contributed by atoms with Crippen LogP contribution in [-0.2, 0) is 14.3 Å². The smallest absolute Gasteiger partial charge is 0.309 e. The van der Waals surface area contributed by atoms with E-state index in [0.717, 1.165) is 63.4 Å². The number of hydrogen-bond acceptors (Lipinski definition) is 5. The lowest BCUT2D eigenvalue weighted by Gasteiger charge is -2.28. The van der Waals surface area contributed by atoms with Crippen LogP contribution in [0.5, 0.6) is 0 Å². The Morgan fingerprint density at radius 2 is 1.58 bits per heavy atom. The van der Waals surface area contributed by atoms with Crippen LogP contribution in [0.3, 0.4) is 0 Å². The summed E-state index contributed by atoms with van der Waals surface area (Å²) >= 11 is 0. The van der Waals surface area contributed by atoms with Crippen molar-refractivity contribution in [3.8, 4) is 0 Å². The molecule has 1 saturated heterocycles. The first-order valence-electron chi connectivity index (χ1n) is 12.0. The van der Waals surface area contributed by atoms with Gasteiger partial charge in [-0.1, -0.05) is 12.1 Å². The molecule has 1 heterocycles. The summed E-state index contributed by atoms with van der Waals surface area (Å²) in [6.07, 6.45) is 3.66. The van der Waals surface area contributed by atoms with E-state index in [0.29, 0.717) is 11.5 Å². The maximum atomic E-state index is 12.7. The van der Waals surface area contributed by atoms with E-state index >= 15 is 0 Å². The van der Waals surface area contributed by atoms with E-state index in [1.54, 1.807) is 0 Å². The second-order valence-corrected chi connectivity index (χ2v) is 9.26. The maximum Gasteiger partial charge on any atom is 0.309 e. The van der Waals surface area contributed by atoms with Crippen molar-refractivity contribution in [2.75, 3.05) is 36.5 Å². The number of anilines is 2. The summed E-state index contributed by atoms with van der Waals surface area (Å²) in [6, 6.07) is 15.9. The highest BCUT2D eigenvalue weighted by Gasteiger charge is 2.28. The number of ether oxygens (including phenoxy) is 2. The number of amides is 1. The Morgan fingerprint density at radius 3 is 2.18 bits per heavy atom. The monoisotopic (exact) mass is 450 g/mol. The van der Waals surface area contributed by atoms with Gasteiger partial charge in [-0.3, -0.25) is 9.59 Å². The zero-order chi connectivity index (χ0) is 23.2. The predicted octanol–water partition coefficient (Wildman–Crippen LogP) is 5.00. The van der Waals surface area contributed by atoms with Gasteiger partial charge in [0, 0.05) is 30.0 Å². The molecule has 0 aromatic heterocycles. The highest BCUT2D eigenvalue weighted by Crippen LogP contribution is 2.36. The van der Waals surface area contributed by atoms with Crippen molar-refractivity contribution in [2.24, 2.45) is 5.92 Å². The molecule has 6 heteroatoms. The van der Waals surface area contributed by atoms with Crippen molar-refractivity contribution in [1.82, 2.24) is 0 Å². The molecule has 2 aromatic carbocycles. The van der Waals surface area contributed by atoms with Gasteiger partial charge in [-0.15, -0.1) is 0 Å². The lowest BCUT2D eigenvalue weighted by Crippen LogP contribution is -2.36. The molecular formula is C27H34N2O4. The fraction of sp³-hybridized carbons (Fsp3) is 0.481. The van der Waals surface area contributed by atoms with Gasteiger partial charge in [0.05, 0.1) is 25.2 Å². The summed E-state index contributed by atoms with van der Waals surface area (Å²) in [6.45, 7) is 7.02. The van der Waals surface area contributed by atoms with Crippen LogP contribution in [0.2, 0.25) is 0 Å². The highest BCUT2D eigenvalue weighted by atomic mass is 16.5. The van der Waals surface area contributed by atoms with Gasteiger partial charge >= 0.3 is 5.97 Å². The number of carbonyl (C=O) groups excluding carboxylic acids is 2. The molecule has 176 valence electrons. The van der Waals surface area contributed by atoms with Crippen molar-refractivity contribution in [1.29, 1.82) is 0 Å². The van der Waals surface area contributed by atoms with E-state index in [-0.39, 0.29) is 23.9 Å². The van der Waals surface area contributed by atoms with Crippen LogP contribution < -0.4 is 10.2 Å². The minimum Gasteiger partial charge on any atom is -0.463 e. The molecule has 2 aliphatic rings. The number of carbonyl (C=O) groups is 2. The Hall–Kier alpha value is -2.86. The molecule has 1 aliphatic carbocycles. The topological polar surface area (TPSA) is 67.9 Å². The number of hydrogen-bond donors (Lipinski definition) is 1. The summed E-state index contributed by atoms with van der Waals surface area (Å²) in [4.78, 5) is 27.1. The fourth-order valence-electron chi connectivity index (χ4n) is 4.68. The van der Waals surface area contributed by atoms with Gasteiger partial charge in [0.1, 0.15) is 0 Å². The number of esters is 1. The van der Waals surface area contributed by atoms with Gasteiger partial charge in [0.15, 0.2) is 0 Å². The first-order valence-corrected chi connectivity index (χ1v) is 12.0. The summed E-state index contributed by atoms with van der Waals surface area (Å²) in [7, 11) is 0. The van der Waals surface area contributed by atoms with Crippen LogP contribution in [0.15, 0.2) is 48.5 Å². The molecule has 0 spiro atoms. The van der Waals surface area contributed by atoms with Gasteiger partial charge in [-0.05, 0) is 87.4 Å². The molecule has 1 aliphatic heterocycles. The molecule has 0 bridgehead atoms. The van der Waals surface area contributed by atoms with Gasteiger partial charge in [0.25, 0.3) is 5.91 Å². The standard InChI is InChI=1S/C27H34N2O4/c1-19(2)33-27(31)23-5-3-20(4-6-23)21-7-11-24(12-8-21)28-26(30)22-9-13-25(14-10-22)29-15-17-32-18-16-29/h7-14,19-20,23H,3-6,15-18H2,1-2H3,(H,28,30)/t20-,23-. The zero-order valence-corrected chi connectivity index (χ0v) is 19.6. The molecule has 1 amide bonds. The zero-order valence-electron chi connectivity index (χ0n) is 19.6. The third kappa shape index (κ3) is 6.14. The minimum absolute atomic E-state index is 0.0249. The van der Waals surface area contributed by atoms with Gasteiger partial charge < -0.3 is 19.7 Å². The summed E-state index contributed by atoms with van der Waals surface area (Å²) in [5, 5.41) is 2.99. The molecule has 33 heavy (non-hydrogen) atoms. The Morgan fingerprint density at radius 1 is 0.939 bits per heavy atom. The summed E-state index contributed by atoms with van der Waals surface area (Å²) in [5.41, 5.74) is 3.81. The Labute approximate surface area is 196 Å². The summed E-state index contributed by atoms with van der Waals surface area (Å²) in [5.74, 6) is 0.308. The van der Waals surface area contributed by atoms with Gasteiger partial charge in [-0.2, -0.15) is 0 Å². The van der Waals surface area contributed by atoms with Crippen molar-refractivity contribution >= 4 is 23.3 Å². The van der Waals surface area contributed by atoms with E-state index in [1.165, 1.54) is 5.56 Å². The predicted molar refractivity (Wildman–Crippen MR) is 130 cm³/mol. The first kappa shape index (κ1) is 23.3. The van der Waals surface area contributed by atoms with Crippen LogP contribution in [0.25, 0.3) is 0 Å². The molecule has 6 nitrogen and oxygen atoms in total. The average Bonchev–Trinajstić information content (AvgIpc) is 2.85. The molecule has 1 N–H and O–H groups in total. The molecule has 0 unspecified atom stereocenters. The number of benzene rings is 2. The van der Waals surface area contributed by atoms with Crippen LogP contribution >= 0.6 is 0 Å². The maximum absolute atomic E-state index is 12.7. The Balaban J connectivity index is 1.29. The van der Waals surface area contributed by atoms with Gasteiger partial charge in [0.2, 0.25) is 0 Å². The number of nitrogens with zero attached hydrogens (tertiary/aromatic N) is 1. The average molecular weight is 451 g/mol. The third-order valence-electron chi connectivity index (χ3n) is 6.56. The van der Waals surface area contributed by atoms with Crippen LogP contribution in [0.4, 0.5) is 11.4 Å². The van der Waals surface area contributed by atoms with Crippen LogP contribution in [0.1, 0.15) is 61.4 Å². The van der Waals surface area contributed by atoms with E-state index < -0.39 is 0 Å². The number of rotatable bonds is 6. The van der Waals surface area contributed by atoms with E-state index in [9.17, 15) is 9.59 Å². The van der Waals surface area contributed by atoms with Crippen molar-refractivity contribution in [3.63, 3.8) is 0 Å². The quantitative estimate of drug-likeness (QED) is 0.627. The molecular weight excluding hydrogens is 416 g/mol.